The third-order valence-electron chi connectivity index (χ3n) is 4.52. The van der Waals surface area contributed by atoms with Gasteiger partial charge in [0.15, 0.2) is 0 Å². The van der Waals surface area contributed by atoms with Crippen LogP contribution in [0.3, 0.4) is 0 Å². The molecular weight excluding hydrogens is 227 g/mol. The molecule has 100 valence electrons. The molecule has 2 saturated carbocycles. The molecule has 0 aromatic carbocycles. The largest absolute Gasteiger partial charge is 0.391 e. The molecule has 2 aliphatic rings. The second-order valence-electron chi connectivity index (χ2n) is 6.15. The van der Waals surface area contributed by atoms with Crippen LogP contribution in [0.15, 0.2) is 0 Å². The van der Waals surface area contributed by atoms with Gasteiger partial charge in [-0.3, -0.25) is 0 Å². The third kappa shape index (κ3) is 3.36. The number of nitrogens with one attached hydrogen (secondary N) is 1. The van der Waals surface area contributed by atoms with Gasteiger partial charge in [-0.25, -0.2) is 0 Å². The van der Waals surface area contributed by atoms with Crippen LogP contribution in [0.25, 0.3) is 0 Å². The molecule has 0 aromatic heterocycles. The predicted octanol–water partition coefficient (Wildman–Crippen LogP) is 3.89. The van der Waals surface area contributed by atoms with Crippen LogP contribution in [0.4, 0.5) is 13.2 Å². The molecule has 2 rings (SSSR count). The van der Waals surface area contributed by atoms with Crippen molar-refractivity contribution in [3.63, 3.8) is 0 Å². The molecule has 2 unspecified atom stereocenters. The van der Waals surface area contributed by atoms with Crippen molar-refractivity contribution in [2.24, 2.45) is 11.3 Å². The summed E-state index contributed by atoms with van der Waals surface area (Å²) < 4.78 is 37.9. The Kier molecular flexibility index (Phi) is 3.71. The van der Waals surface area contributed by atoms with Crippen molar-refractivity contribution in [2.45, 2.75) is 64.1 Å². The Balaban J connectivity index is 1.77. The zero-order valence-corrected chi connectivity index (χ0v) is 10.4. The van der Waals surface area contributed by atoms with Crippen LogP contribution in [0.5, 0.6) is 0 Å². The normalized spacial score (nSPS) is 33.2. The Labute approximate surface area is 101 Å². The van der Waals surface area contributed by atoms with E-state index in [-0.39, 0.29) is 12.5 Å². The fourth-order valence-corrected chi connectivity index (χ4v) is 3.02. The van der Waals surface area contributed by atoms with Gasteiger partial charge in [0.25, 0.3) is 0 Å². The topological polar surface area (TPSA) is 12.0 Å². The highest BCUT2D eigenvalue weighted by atomic mass is 19.4. The van der Waals surface area contributed by atoms with E-state index in [2.05, 4.69) is 12.2 Å². The summed E-state index contributed by atoms with van der Waals surface area (Å²) in [6, 6.07) is 0.0767. The number of rotatable bonds is 3. The molecule has 0 bridgehead atoms. The standard InChI is InChI=1S/C13H22F3N/c1-12(6-3-7-12)9-17-11-5-2-4-10(8-11)13(14,15)16/h10-11,17H,2-9H2,1H3. The summed E-state index contributed by atoms with van der Waals surface area (Å²) in [5.74, 6) is -1.08. The molecule has 0 aromatic rings. The van der Waals surface area contributed by atoms with Gasteiger partial charge in [-0.2, -0.15) is 13.2 Å². The maximum Gasteiger partial charge on any atom is 0.391 e. The Morgan fingerprint density at radius 3 is 2.41 bits per heavy atom. The first-order valence-electron chi connectivity index (χ1n) is 6.69. The average Bonchev–Trinajstić information content (AvgIpc) is 2.23. The van der Waals surface area contributed by atoms with E-state index < -0.39 is 12.1 Å². The molecule has 4 heteroatoms. The van der Waals surface area contributed by atoms with E-state index in [1.165, 1.54) is 19.3 Å². The molecule has 2 atom stereocenters. The van der Waals surface area contributed by atoms with Crippen molar-refractivity contribution in [2.75, 3.05) is 6.54 Å². The lowest BCUT2D eigenvalue weighted by Crippen LogP contribution is -2.45. The molecule has 0 heterocycles. The zero-order valence-electron chi connectivity index (χ0n) is 10.4. The Bertz CT molecular complexity index is 258. The molecule has 2 aliphatic carbocycles. The van der Waals surface area contributed by atoms with E-state index in [4.69, 9.17) is 0 Å². The van der Waals surface area contributed by atoms with Gasteiger partial charge >= 0.3 is 6.18 Å². The van der Waals surface area contributed by atoms with Crippen molar-refractivity contribution in [3.8, 4) is 0 Å². The molecule has 1 nitrogen and oxygen atoms in total. The van der Waals surface area contributed by atoms with E-state index >= 15 is 0 Å². The van der Waals surface area contributed by atoms with Crippen LogP contribution in [0.1, 0.15) is 51.9 Å². The van der Waals surface area contributed by atoms with E-state index in [0.29, 0.717) is 18.3 Å². The van der Waals surface area contributed by atoms with Crippen LogP contribution in [0, 0.1) is 11.3 Å². The van der Waals surface area contributed by atoms with E-state index in [0.717, 1.165) is 13.0 Å². The first-order chi connectivity index (χ1) is 7.89. The minimum absolute atomic E-state index is 0.0767. The second-order valence-corrected chi connectivity index (χ2v) is 6.15. The predicted molar refractivity (Wildman–Crippen MR) is 61.8 cm³/mol. The highest BCUT2D eigenvalue weighted by molar-refractivity contribution is 4.88. The van der Waals surface area contributed by atoms with Crippen LogP contribution in [0.2, 0.25) is 0 Å². The minimum atomic E-state index is -4.00. The van der Waals surface area contributed by atoms with Crippen molar-refractivity contribution >= 4 is 0 Å². The van der Waals surface area contributed by atoms with Gasteiger partial charge in [0.2, 0.25) is 0 Å². The molecule has 0 saturated heterocycles. The van der Waals surface area contributed by atoms with Gasteiger partial charge in [-0.15, -0.1) is 0 Å². The molecular formula is C13H22F3N. The van der Waals surface area contributed by atoms with Crippen molar-refractivity contribution in [3.05, 3.63) is 0 Å². The van der Waals surface area contributed by atoms with Gasteiger partial charge in [0.05, 0.1) is 5.92 Å². The first kappa shape index (κ1) is 13.2. The summed E-state index contributed by atoms with van der Waals surface area (Å²) in [5.41, 5.74) is 0.352. The lowest BCUT2D eigenvalue weighted by Gasteiger charge is -2.41. The summed E-state index contributed by atoms with van der Waals surface area (Å²) in [7, 11) is 0. The Hall–Kier alpha value is -0.250. The van der Waals surface area contributed by atoms with Crippen LogP contribution in [-0.2, 0) is 0 Å². The average molecular weight is 249 g/mol. The van der Waals surface area contributed by atoms with Crippen molar-refractivity contribution in [1.82, 2.24) is 5.32 Å². The molecule has 0 radical (unpaired) electrons. The fraction of sp³-hybridized carbons (Fsp3) is 1.00. The molecule has 1 N–H and O–H groups in total. The monoisotopic (exact) mass is 249 g/mol. The quantitative estimate of drug-likeness (QED) is 0.800. The molecule has 0 spiro atoms. The third-order valence-corrected chi connectivity index (χ3v) is 4.52. The van der Waals surface area contributed by atoms with Gasteiger partial charge in [0.1, 0.15) is 0 Å². The minimum Gasteiger partial charge on any atom is -0.313 e. The molecule has 0 aliphatic heterocycles. The lowest BCUT2D eigenvalue weighted by molar-refractivity contribution is -0.183. The van der Waals surface area contributed by atoms with Crippen LogP contribution >= 0.6 is 0 Å². The van der Waals surface area contributed by atoms with E-state index in [1.54, 1.807) is 0 Å². The highest BCUT2D eigenvalue weighted by Gasteiger charge is 2.42. The number of alkyl halides is 3. The molecule has 17 heavy (non-hydrogen) atoms. The van der Waals surface area contributed by atoms with Gasteiger partial charge in [0, 0.05) is 12.6 Å². The maximum atomic E-state index is 12.6. The zero-order chi connectivity index (χ0) is 12.5. The van der Waals surface area contributed by atoms with Gasteiger partial charge < -0.3 is 5.32 Å². The first-order valence-corrected chi connectivity index (χ1v) is 6.69. The number of hydrogen-bond acceptors (Lipinski definition) is 1. The summed E-state index contributed by atoms with van der Waals surface area (Å²) in [4.78, 5) is 0. The summed E-state index contributed by atoms with van der Waals surface area (Å²) in [6.45, 7) is 3.12. The summed E-state index contributed by atoms with van der Waals surface area (Å²) in [5, 5.41) is 3.37. The molecule has 0 amide bonds. The Morgan fingerprint density at radius 1 is 1.18 bits per heavy atom. The second kappa shape index (κ2) is 4.79. The maximum absolute atomic E-state index is 12.6. The van der Waals surface area contributed by atoms with Crippen molar-refractivity contribution < 1.29 is 13.2 Å². The molecule has 2 fully saturated rings. The lowest BCUT2D eigenvalue weighted by atomic mass is 9.70. The summed E-state index contributed by atoms with van der Waals surface area (Å²) in [6.07, 6.45) is 1.92. The van der Waals surface area contributed by atoms with E-state index in [9.17, 15) is 13.2 Å². The fourth-order valence-electron chi connectivity index (χ4n) is 3.02. The van der Waals surface area contributed by atoms with Gasteiger partial charge in [-0.1, -0.05) is 19.8 Å². The van der Waals surface area contributed by atoms with Gasteiger partial charge in [-0.05, 0) is 37.5 Å². The summed E-state index contributed by atoms with van der Waals surface area (Å²) >= 11 is 0. The van der Waals surface area contributed by atoms with E-state index in [1.807, 2.05) is 0 Å². The number of hydrogen-bond donors (Lipinski definition) is 1. The van der Waals surface area contributed by atoms with Crippen LogP contribution < -0.4 is 5.32 Å². The SMILES string of the molecule is CC1(CNC2CCCC(C(F)(F)F)C2)CCC1. The highest BCUT2D eigenvalue weighted by Crippen LogP contribution is 2.41. The smallest absolute Gasteiger partial charge is 0.313 e. The Morgan fingerprint density at radius 2 is 1.88 bits per heavy atom. The van der Waals surface area contributed by atoms with Crippen molar-refractivity contribution in [1.29, 1.82) is 0 Å². The van der Waals surface area contributed by atoms with Crippen LogP contribution in [-0.4, -0.2) is 18.8 Å². The number of halogens is 3.